The second-order valence-corrected chi connectivity index (χ2v) is 4.30. The summed E-state index contributed by atoms with van der Waals surface area (Å²) >= 11 is 5.97. The van der Waals surface area contributed by atoms with Gasteiger partial charge in [-0.05, 0) is 29.8 Å². The number of carbonyl (C=O) groups excluding carboxylic acids is 1. The predicted octanol–water partition coefficient (Wildman–Crippen LogP) is 2.96. The van der Waals surface area contributed by atoms with Crippen molar-refractivity contribution in [1.29, 1.82) is 0 Å². The van der Waals surface area contributed by atoms with Gasteiger partial charge in [-0.15, -0.1) is 0 Å². The van der Waals surface area contributed by atoms with Crippen LogP contribution in [-0.4, -0.2) is 10.9 Å². The van der Waals surface area contributed by atoms with Crippen LogP contribution >= 0.6 is 11.6 Å². The third-order valence-corrected chi connectivity index (χ3v) is 2.99. The average Bonchev–Trinajstić information content (AvgIpc) is 2.65. The molecule has 1 amide bonds. The maximum Gasteiger partial charge on any atom is 0.237 e. The van der Waals surface area contributed by atoms with Gasteiger partial charge >= 0.3 is 0 Å². The van der Waals surface area contributed by atoms with E-state index < -0.39 is 0 Å². The molecule has 0 unspecified atom stereocenters. The van der Waals surface area contributed by atoms with Crippen molar-refractivity contribution in [2.24, 2.45) is 0 Å². The van der Waals surface area contributed by atoms with Crippen LogP contribution in [-0.2, 0) is 11.2 Å². The summed E-state index contributed by atoms with van der Waals surface area (Å²) in [7, 11) is 0. The van der Waals surface area contributed by atoms with Gasteiger partial charge in [0.15, 0.2) is 0 Å². The van der Waals surface area contributed by atoms with E-state index in [0.717, 1.165) is 11.3 Å². The zero-order chi connectivity index (χ0) is 11.8. The standard InChI is InChI=1S/C13H9ClN2O/c14-10-5-4-9-7-13(17)16(11(9)8-10)12-3-1-2-6-15-12/h1-6,8H,7H2. The maximum atomic E-state index is 12.0. The fourth-order valence-electron chi connectivity index (χ4n) is 2.01. The average molecular weight is 245 g/mol. The van der Waals surface area contributed by atoms with E-state index in [1.54, 1.807) is 23.2 Å². The number of hydrogen-bond donors (Lipinski definition) is 0. The van der Waals surface area contributed by atoms with Crippen LogP contribution in [0.4, 0.5) is 11.5 Å². The molecule has 2 aromatic rings. The zero-order valence-electron chi connectivity index (χ0n) is 8.93. The Morgan fingerprint density at radius 1 is 1.24 bits per heavy atom. The molecule has 0 saturated heterocycles. The van der Waals surface area contributed by atoms with Crippen molar-refractivity contribution in [2.45, 2.75) is 6.42 Å². The lowest BCUT2D eigenvalue weighted by molar-refractivity contribution is -0.116. The Morgan fingerprint density at radius 3 is 2.88 bits per heavy atom. The number of pyridine rings is 1. The molecule has 1 aliphatic rings. The Kier molecular flexibility index (Phi) is 2.34. The van der Waals surface area contributed by atoms with E-state index >= 15 is 0 Å². The fraction of sp³-hybridized carbons (Fsp3) is 0.0769. The highest BCUT2D eigenvalue weighted by Gasteiger charge is 2.29. The third kappa shape index (κ3) is 1.68. The molecular weight excluding hydrogens is 236 g/mol. The van der Waals surface area contributed by atoms with Gasteiger partial charge in [0.1, 0.15) is 5.82 Å². The topological polar surface area (TPSA) is 33.2 Å². The number of halogens is 1. The Morgan fingerprint density at radius 2 is 2.12 bits per heavy atom. The van der Waals surface area contributed by atoms with Crippen molar-refractivity contribution in [3.8, 4) is 0 Å². The summed E-state index contributed by atoms with van der Waals surface area (Å²) in [6.07, 6.45) is 2.08. The SMILES string of the molecule is O=C1Cc2ccc(Cl)cc2N1c1ccccn1. The van der Waals surface area contributed by atoms with Crippen LogP contribution in [0.3, 0.4) is 0 Å². The van der Waals surface area contributed by atoms with E-state index in [2.05, 4.69) is 4.98 Å². The predicted molar refractivity (Wildman–Crippen MR) is 66.5 cm³/mol. The van der Waals surface area contributed by atoms with Crippen molar-refractivity contribution in [1.82, 2.24) is 4.98 Å². The summed E-state index contributed by atoms with van der Waals surface area (Å²) < 4.78 is 0. The molecule has 0 N–H and O–H groups in total. The van der Waals surface area contributed by atoms with Crippen LogP contribution in [0.1, 0.15) is 5.56 Å². The van der Waals surface area contributed by atoms with Crippen molar-refractivity contribution in [3.05, 3.63) is 53.2 Å². The lowest BCUT2D eigenvalue weighted by Crippen LogP contribution is -2.21. The minimum atomic E-state index is 0.0287. The highest BCUT2D eigenvalue weighted by atomic mass is 35.5. The Hall–Kier alpha value is -1.87. The van der Waals surface area contributed by atoms with Crippen LogP contribution in [0.25, 0.3) is 0 Å². The van der Waals surface area contributed by atoms with Gasteiger partial charge < -0.3 is 0 Å². The molecule has 0 spiro atoms. The van der Waals surface area contributed by atoms with Crippen molar-refractivity contribution in [2.75, 3.05) is 4.90 Å². The van der Waals surface area contributed by atoms with E-state index in [-0.39, 0.29) is 5.91 Å². The largest absolute Gasteiger partial charge is 0.274 e. The molecule has 3 nitrogen and oxygen atoms in total. The molecule has 2 heterocycles. The minimum Gasteiger partial charge on any atom is -0.274 e. The molecule has 1 aromatic carbocycles. The number of carbonyl (C=O) groups is 1. The normalized spacial score (nSPS) is 13.9. The number of amides is 1. The first kappa shape index (κ1) is 10.3. The molecule has 0 atom stereocenters. The monoisotopic (exact) mass is 244 g/mol. The van der Waals surface area contributed by atoms with Crippen LogP contribution in [0, 0.1) is 0 Å². The Bertz CT molecular complexity index is 583. The van der Waals surface area contributed by atoms with Gasteiger partial charge in [0.2, 0.25) is 5.91 Å². The van der Waals surface area contributed by atoms with Gasteiger partial charge in [0.05, 0.1) is 12.1 Å². The summed E-state index contributed by atoms with van der Waals surface area (Å²) in [6, 6.07) is 11.0. The Balaban J connectivity index is 2.14. The van der Waals surface area contributed by atoms with Gasteiger partial charge in [0.25, 0.3) is 0 Å². The molecule has 0 saturated carbocycles. The smallest absolute Gasteiger partial charge is 0.237 e. The lowest BCUT2D eigenvalue weighted by Gasteiger charge is -2.16. The number of hydrogen-bond acceptors (Lipinski definition) is 2. The van der Waals surface area contributed by atoms with Gasteiger partial charge in [-0.25, -0.2) is 4.98 Å². The number of anilines is 2. The molecule has 0 aliphatic carbocycles. The molecule has 0 radical (unpaired) electrons. The summed E-state index contributed by atoms with van der Waals surface area (Å²) in [5.74, 6) is 0.666. The fourth-order valence-corrected chi connectivity index (χ4v) is 2.17. The molecule has 0 fully saturated rings. The third-order valence-electron chi connectivity index (χ3n) is 2.76. The van der Waals surface area contributed by atoms with E-state index in [9.17, 15) is 4.79 Å². The van der Waals surface area contributed by atoms with Gasteiger partial charge in [0, 0.05) is 11.2 Å². The summed E-state index contributed by atoms with van der Waals surface area (Å²) in [5.41, 5.74) is 1.83. The van der Waals surface area contributed by atoms with Crippen molar-refractivity contribution >= 4 is 29.0 Å². The van der Waals surface area contributed by atoms with Crippen LogP contribution in [0.2, 0.25) is 5.02 Å². The van der Waals surface area contributed by atoms with E-state index in [4.69, 9.17) is 11.6 Å². The summed E-state index contributed by atoms with van der Waals surface area (Å²) in [5, 5.41) is 0.624. The second-order valence-electron chi connectivity index (χ2n) is 3.87. The first-order valence-electron chi connectivity index (χ1n) is 5.28. The maximum absolute atomic E-state index is 12.0. The molecule has 3 rings (SSSR count). The van der Waals surface area contributed by atoms with Gasteiger partial charge in [-0.1, -0.05) is 23.7 Å². The summed E-state index contributed by atoms with van der Waals surface area (Å²) in [6.45, 7) is 0. The quantitative estimate of drug-likeness (QED) is 0.773. The molecule has 84 valence electrons. The van der Waals surface area contributed by atoms with E-state index in [1.165, 1.54) is 0 Å². The number of aromatic nitrogens is 1. The van der Waals surface area contributed by atoms with Gasteiger partial charge in [-0.2, -0.15) is 0 Å². The first-order valence-corrected chi connectivity index (χ1v) is 5.66. The number of benzene rings is 1. The van der Waals surface area contributed by atoms with Crippen LogP contribution in [0.5, 0.6) is 0 Å². The minimum absolute atomic E-state index is 0.0287. The van der Waals surface area contributed by atoms with E-state index in [0.29, 0.717) is 17.3 Å². The highest BCUT2D eigenvalue weighted by Crippen LogP contribution is 2.35. The lowest BCUT2D eigenvalue weighted by atomic mass is 10.2. The van der Waals surface area contributed by atoms with E-state index in [1.807, 2.05) is 24.3 Å². The van der Waals surface area contributed by atoms with Gasteiger partial charge in [-0.3, -0.25) is 9.69 Å². The number of nitrogens with zero attached hydrogens (tertiary/aromatic N) is 2. The second kappa shape index (κ2) is 3.86. The Labute approximate surface area is 104 Å². The van der Waals surface area contributed by atoms with Crippen LogP contribution < -0.4 is 4.90 Å². The van der Waals surface area contributed by atoms with Crippen LogP contribution in [0.15, 0.2) is 42.6 Å². The molecule has 4 heteroatoms. The molecule has 1 aliphatic heterocycles. The van der Waals surface area contributed by atoms with Crippen molar-refractivity contribution < 1.29 is 4.79 Å². The highest BCUT2D eigenvalue weighted by molar-refractivity contribution is 6.31. The molecular formula is C13H9ClN2O. The number of fused-ring (bicyclic) bond motifs is 1. The number of rotatable bonds is 1. The molecule has 0 bridgehead atoms. The van der Waals surface area contributed by atoms with Crippen molar-refractivity contribution in [3.63, 3.8) is 0 Å². The summed E-state index contributed by atoms with van der Waals surface area (Å²) in [4.78, 5) is 17.8. The zero-order valence-corrected chi connectivity index (χ0v) is 9.69. The first-order chi connectivity index (χ1) is 8.25. The molecule has 17 heavy (non-hydrogen) atoms. The molecule has 1 aromatic heterocycles.